The van der Waals surface area contributed by atoms with Crippen LogP contribution >= 0.6 is 24.8 Å². The van der Waals surface area contributed by atoms with Crippen LogP contribution in [0, 0.1) is 6.92 Å². The standard InChI is InChI=1S/C25H30N2O5.2ClH/c1-6-32-14-16-11-21(29-3)23(22(12-16)30-4)19-10-8-17(13-20(26)25(28)31-5)18-9-7-15(2)27-24(18)19;;/h7-12,20H,6,13-14,26H2,1-5H3;2*1H. The lowest BCUT2D eigenvalue weighted by Gasteiger charge is -2.19. The number of carbonyl (C=O) groups is 1. The number of aryl methyl sites for hydroxylation is 1. The Bertz CT molecular complexity index is 1100. The smallest absolute Gasteiger partial charge is 0.322 e. The zero-order chi connectivity index (χ0) is 23.3. The number of nitrogens with zero attached hydrogens (tertiary/aromatic N) is 1. The summed E-state index contributed by atoms with van der Waals surface area (Å²) in [6.45, 7) is 4.98. The molecule has 0 radical (unpaired) electrons. The van der Waals surface area contributed by atoms with E-state index in [2.05, 4.69) is 0 Å². The number of fused-ring (bicyclic) bond motifs is 1. The second-order valence-corrected chi connectivity index (χ2v) is 7.47. The van der Waals surface area contributed by atoms with Crippen LogP contribution in [0.15, 0.2) is 36.4 Å². The van der Waals surface area contributed by atoms with Crippen LogP contribution in [0.4, 0.5) is 0 Å². The summed E-state index contributed by atoms with van der Waals surface area (Å²) < 4.78 is 21.8. The summed E-state index contributed by atoms with van der Waals surface area (Å²) in [4.78, 5) is 16.7. The van der Waals surface area contributed by atoms with E-state index < -0.39 is 12.0 Å². The fraction of sp³-hybridized carbons (Fsp3) is 0.360. The average molecular weight is 511 g/mol. The minimum Gasteiger partial charge on any atom is -0.496 e. The summed E-state index contributed by atoms with van der Waals surface area (Å²) in [5.41, 5.74) is 11.2. The number of benzene rings is 2. The van der Waals surface area contributed by atoms with Crippen molar-refractivity contribution >= 4 is 41.7 Å². The number of rotatable bonds is 9. The molecule has 2 aromatic carbocycles. The number of hydrogen-bond acceptors (Lipinski definition) is 7. The summed E-state index contributed by atoms with van der Waals surface area (Å²) in [5, 5.41) is 0.912. The van der Waals surface area contributed by atoms with Crippen LogP contribution in [-0.4, -0.2) is 44.9 Å². The molecule has 3 rings (SSSR count). The molecule has 2 N–H and O–H groups in total. The van der Waals surface area contributed by atoms with Crippen molar-refractivity contribution in [1.29, 1.82) is 0 Å². The van der Waals surface area contributed by atoms with Gasteiger partial charge >= 0.3 is 5.97 Å². The number of aromatic nitrogens is 1. The number of hydrogen-bond donors (Lipinski definition) is 1. The van der Waals surface area contributed by atoms with E-state index in [4.69, 9.17) is 29.7 Å². The number of halogens is 2. The van der Waals surface area contributed by atoms with Gasteiger partial charge in [-0.3, -0.25) is 9.78 Å². The highest BCUT2D eigenvalue weighted by Crippen LogP contribution is 2.43. The van der Waals surface area contributed by atoms with Gasteiger partial charge in [-0.05, 0) is 49.6 Å². The lowest BCUT2D eigenvalue weighted by molar-refractivity contribution is -0.142. The number of ether oxygens (including phenoxy) is 4. The molecule has 3 aromatic rings. The van der Waals surface area contributed by atoms with Gasteiger partial charge in [0.25, 0.3) is 0 Å². The van der Waals surface area contributed by atoms with Gasteiger partial charge in [0.2, 0.25) is 0 Å². The van der Waals surface area contributed by atoms with E-state index >= 15 is 0 Å². The quantitative estimate of drug-likeness (QED) is 0.418. The highest BCUT2D eigenvalue weighted by Gasteiger charge is 2.21. The number of methoxy groups -OCH3 is 3. The van der Waals surface area contributed by atoms with Gasteiger partial charge in [0.15, 0.2) is 0 Å². The maximum Gasteiger partial charge on any atom is 0.322 e. The van der Waals surface area contributed by atoms with Crippen molar-refractivity contribution in [1.82, 2.24) is 4.98 Å². The van der Waals surface area contributed by atoms with Gasteiger partial charge in [0.05, 0.1) is 39.0 Å². The van der Waals surface area contributed by atoms with Gasteiger partial charge in [0, 0.05) is 23.3 Å². The molecule has 0 fully saturated rings. The predicted molar refractivity (Wildman–Crippen MR) is 139 cm³/mol. The fourth-order valence-corrected chi connectivity index (χ4v) is 3.76. The Balaban J connectivity index is 0.00000289. The van der Waals surface area contributed by atoms with E-state index in [0.29, 0.717) is 31.1 Å². The molecule has 0 amide bonds. The second-order valence-electron chi connectivity index (χ2n) is 7.47. The number of nitrogens with two attached hydrogens (primary N) is 1. The lowest BCUT2D eigenvalue weighted by Crippen LogP contribution is -2.33. The first-order valence-corrected chi connectivity index (χ1v) is 10.5. The van der Waals surface area contributed by atoms with Gasteiger partial charge in [-0.1, -0.05) is 18.2 Å². The van der Waals surface area contributed by atoms with E-state index in [1.54, 1.807) is 14.2 Å². The number of esters is 1. The molecule has 9 heteroatoms. The third-order valence-electron chi connectivity index (χ3n) is 5.34. The summed E-state index contributed by atoms with van der Waals surface area (Å²) >= 11 is 0. The second kappa shape index (κ2) is 13.3. The molecule has 0 aliphatic carbocycles. The third kappa shape index (κ3) is 6.30. The highest BCUT2D eigenvalue weighted by atomic mass is 35.5. The maximum absolute atomic E-state index is 11.9. The molecule has 1 heterocycles. The predicted octanol–water partition coefficient (Wildman–Crippen LogP) is 4.65. The molecular formula is C25H32Cl2N2O5. The van der Waals surface area contributed by atoms with Crippen molar-refractivity contribution in [3.05, 3.63) is 53.2 Å². The van der Waals surface area contributed by atoms with Crippen LogP contribution in [0.1, 0.15) is 23.7 Å². The first kappa shape index (κ1) is 29.5. The summed E-state index contributed by atoms with van der Waals surface area (Å²) in [5.74, 6) is 0.890. The molecule has 0 saturated heterocycles. The van der Waals surface area contributed by atoms with Crippen LogP contribution in [0.2, 0.25) is 0 Å². The molecular weight excluding hydrogens is 479 g/mol. The summed E-state index contributed by atoms with van der Waals surface area (Å²) in [7, 11) is 4.60. The normalized spacial score (nSPS) is 11.2. The first-order chi connectivity index (χ1) is 15.4. The van der Waals surface area contributed by atoms with Gasteiger partial charge in [-0.15, -0.1) is 24.8 Å². The molecule has 0 saturated carbocycles. The van der Waals surface area contributed by atoms with Crippen molar-refractivity contribution in [2.75, 3.05) is 27.9 Å². The number of pyridine rings is 1. The molecule has 34 heavy (non-hydrogen) atoms. The van der Waals surface area contributed by atoms with Crippen LogP contribution < -0.4 is 15.2 Å². The summed E-state index contributed by atoms with van der Waals surface area (Å²) in [6.07, 6.45) is 0.343. The van der Waals surface area contributed by atoms with E-state index in [1.807, 2.05) is 50.2 Å². The van der Waals surface area contributed by atoms with E-state index in [0.717, 1.165) is 38.9 Å². The first-order valence-electron chi connectivity index (χ1n) is 10.5. The number of carbonyl (C=O) groups excluding carboxylic acids is 1. The third-order valence-corrected chi connectivity index (χ3v) is 5.34. The zero-order valence-corrected chi connectivity index (χ0v) is 21.7. The van der Waals surface area contributed by atoms with Gasteiger partial charge < -0.3 is 24.7 Å². The van der Waals surface area contributed by atoms with Crippen LogP contribution in [-0.2, 0) is 27.3 Å². The van der Waals surface area contributed by atoms with Gasteiger partial charge in [0.1, 0.15) is 17.5 Å². The van der Waals surface area contributed by atoms with Crippen LogP contribution in [0.25, 0.3) is 22.0 Å². The average Bonchev–Trinajstić information content (AvgIpc) is 2.81. The van der Waals surface area contributed by atoms with Crippen LogP contribution in [0.5, 0.6) is 11.5 Å². The minimum atomic E-state index is -0.753. The van der Waals surface area contributed by atoms with Gasteiger partial charge in [-0.25, -0.2) is 0 Å². The van der Waals surface area contributed by atoms with Crippen molar-refractivity contribution in [3.8, 4) is 22.6 Å². The van der Waals surface area contributed by atoms with Crippen molar-refractivity contribution in [2.45, 2.75) is 32.9 Å². The fourth-order valence-electron chi connectivity index (χ4n) is 3.76. The molecule has 186 valence electrons. The summed E-state index contributed by atoms with van der Waals surface area (Å²) in [6, 6.07) is 11.0. The molecule has 7 nitrogen and oxygen atoms in total. The minimum absolute atomic E-state index is 0. The highest BCUT2D eigenvalue weighted by molar-refractivity contribution is 5.99. The zero-order valence-electron chi connectivity index (χ0n) is 20.0. The largest absolute Gasteiger partial charge is 0.496 e. The Morgan fingerprint density at radius 1 is 1.03 bits per heavy atom. The molecule has 1 unspecified atom stereocenters. The maximum atomic E-state index is 11.9. The Kier molecular flexibility index (Phi) is 11.6. The van der Waals surface area contributed by atoms with Crippen molar-refractivity contribution in [2.24, 2.45) is 5.73 Å². The van der Waals surface area contributed by atoms with Crippen molar-refractivity contribution < 1.29 is 23.7 Å². The Labute approximate surface area is 212 Å². The Hall–Kier alpha value is -2.58. The van der Waals surface area contributed by atoms with Crippen LogP contribution in [0.3, 0.4) is 0 Å². The molecule has 0 aliphatic heterocycles. The molecule has 1 aromatic heterocycles. The molecule has 0 aliphatic rings. The van der Waals surface area contributed by atoms with E-state index in [-0.39, 0.29) is 24.8 Å². The topological polar surface area (TPSA) is 92.9 Å². The van der Waals surface area contributed by atoms with E-state index in [9.17, 15) is 4.79 Å². The lowest BCUT2D eigenvalue weighted by atomic mass is 9.93. The Morgan fingerprint density at radius 3 is 2.24 bits per heavy atom. The van der Waals surface area contributed by atoms with E-state index in [1.165, 1.54) is 7.11 Å². The van der Waals surface area contributed by atoms with Gasteiger partial charge in [-0.2, -0.15) is 0 Å². The van der Waals surface area contributed by atoms with Crippen molar-refractivity contribution in [3.63, 3.8) is 0 Å². The monoisotopic (exact) mass is 510 g/mol. The molecule has 0 bridgehead atoms. The Morgan fingerprint density at radius 2 is 1.68 bits per heavy atom. The SMILES string of the molecule is CCOCc1cc(OC)c(-c2ccc(CC(N)C(=O)OC)c3ccc(C)nc23)c(OC)c1.Cl.Cl. The molecule has 0 spiro atoms. The molecule has 1 atom stereocenters.